The van der Waals surface area contributed by atoms with Crippen molar-refractivity contribution in [3.05, 3.63) is 39.5 Å². The summed E-state index contributed by atoms with van der Waals surface area (Å²) in [5.74, 6) is -2.61. The molecule has 1 aromatic carbocycles. The molecule has 21 heavy (non-hydrogen) atoms. The molecule has 1 amide bonds. The maximum atomic E-state index is 13.7. The Bertz CT molecular complexity index is 657. The Kier molecular flexibility index (Phi) is 4.65. The number of hydrogen-bond acceptors (Lipinski definition) is 5. The number of carboxylic acids is 1. The molecule has 0 unspecified atom stereocenters. The van der Waals surface area contributed by atoms with Gasteiger partial charge in [0.1, 0.15) is 10.1 Å². The van der Waals surface area contributed by atoms with E-state index in [-0.39, 0.29) is 19.8 Å². The zero-order valence-electron chi connectivity index (χ0n) is 10.6. The zero-order valence-corrected chi connectivity index (χ0v) is 13.0. The highest BCUT2D eigenvalue weighted by atomic mass is 35.5. The third kappa shape index (κ3) is 3.09. The van der Waals surface area contributed by atoms with Crippen molar-refractivity contribution in [2.75, 3.05) is 0 Å². The van der Waals surface area contributed by atoms with Crippen LogP contribution in [0.15, 0.2) is 23.1 Å². The van der Waals surface area contributed by atoms with Crippen LogP contribution in [0.25, 0.3) is 6.08 Å². The highest BCUT2D eigenvalue weighted by Crippen LogP contribution is 2.35. The van der Waals surface area contributed by atoms with Gasteiger partial charge in [-0.15, -0.1) is 0 Å². The van der Waals surface area contributed by atoms with Gasteiger partial charge in [-0.2, -0.15) is 0 Å². The minimum atomic E-state index is -1.42. The zero-order chi connectivity index (χ0) is 15.7. The number of thiocarbonyl (C=S) groups is 1. The summed E-state index contributed by atoms with van der Waals surface area (Å²) in [6.45, 7) is 1.29. The molecule has 1 aliphatic rings. The van der Waals surface area contributed by atoms with E-state index in [9.17, 15) is 19.1 Å². The normalized spacial score (nSPS) is 18.4. The number of amides is 1. The summed E-state index contributed by atoms with van der Waals surface area (Å²) in [6, 6.07) is 2.95. The van der Waals surface area contributed by atoms with Crippen LogP contribution >= 0.6 is 35.6 Å². The fourth-order valence-corrected chi connectivity index (χ4v) is 3.32. The Labute approximate surface area is 134 Å². The molecule has 0 N–H and O–H groups in total. The number of carbonyl (C=O) groups is 2. The first kappa shape index (κ1) is 15.9. The van der Waals surface area contributed by atoms with Crippen LogP contribution in [-0.4, -0.2) is 27.1 Å². The lowest BCUT2D eigenvalue weighted by Gasteiger charge is -2.23. The monoisotopic (exact) mass is 344 g/mol. The molecular weight excluding hydrogens is 337 g/mol. The van der Waals surface area contributed by atoms with E-state index >= 15 is 0 Å². The van der Waals surface area contributed by atoms with Gasteiger partial charge in [-0.1, -0.05) is 41.6 Å². The average Bonchev–Trinajstić information content (AvgIpc) is 2.68. The molecule has 1 fully saturated rings. The van der Waals surface area contributed by atoms with Gasteiger partial charge in [0.25, 0.3) is 5.91 Å². The van der Waals surface area contributed by atoms with Gasteiger partial charge in [-0.05, 0) is 25.1 Å². The van der Waals surface area contributed by atoms with E-state index in [1.807, 2.05) is 0 Å². The van der Waals surface area contributed by atoms with Gasteiger partial charge in [0.15, 0.2) is 0 Å². The molecule has 0 spiro atoms. The number of carbonyl (C=O) groups excluding carboxylic acids is 2. The molecule has 8 heteroatoms. The maximum Gasteiger partial charge on any atom is 0.266 e. The lowest BCUT2D eigenvalue weighted by molar-refractivity contribution is -0.309. The topological polar surface area (TPSA) is 60.4 Å². The average molecular weight is 345 g/mol. The Morgan fingerprint density at radius 1 is 1.57 bits per heavy atom. The van der Waals surface area contributed by atoms with Gasteiger partial charge < -0.3 is 9.90 Å². The van der Waals surface area contributed by atoms with Gasteiger partial charge in [-0.3, -0.25) is 9.69 Å². The van der Waals surface area contributed by atoms with E-state index in [2.05, 4.69) is 0 Å². The van der Waals surface area contributed by atoms with Crippen LogP contribution in [0.3, 0.4) is 0 Å². The van der Waals surface area contributed by atoms with E-state index < -0.39 is 23.7 Å². The Morgan fingerprint density at radius 3 is 2.81 bits per heavy atom. The summed E-state index contributed by atoms with van der Waals surface area (Å²) < 4.78 is 13.8. The second kappa shape index (κ2) is 6.13. The number of rotatable bonds is 3. The van der Waals surface area contributed by atoms with Crippen molar-refractivity contribution in [3.8, 4) is 0 Å². The summed E-state index contributed by atoms with van der Waals surface area (Å²) in [6.07, 6.45) is 1.26. The minimum absolute atomic E-state index is 0.0563. The molecule has 0 bridgehead atoms. The van der Waals surface area contributed by atoms with Crippen LogP contribution in [0, 0.1) is 5.82 Å². The minimum Gasteiger partial charge on any atom is -0.548 e. The number of carboxylic acid groups (broad SMARTS) is 1. The van der Waals surface area contributed by atoms with Crippen molar-refractivity contribution >= 4 is 57.9 Å². The number of hydrogen-bond donors (Lipinski definition) is 0. The van der Waals surface area contributed by atoms with E-state index in [0.29, 0.717) is 0 Å². The summed E-state index contributed by atoms with van der Waals surface area (Å²) in [5.41, 5.74) is 0.0563. The van der Waals surface area contributed by atoms with Gasteiger partial charge in [0.05, 0.1) is 21.9 Å². The highest BCUT2D eigenvalue weighted by molar-refractivity contribution is 8.26. The maximum absolute atomic E-state index is 13.7. The van der Waals surface area contributed by atoms with Crippen LogP contribution in [0.1, 0.15) is 12.5 Å². The predicted molar refractivity (Wildman–Crippen MR) is 80.9 cm³/mol. The lowest BCUT2D eigenvalue weighted by atomic mass is 10.2. The first-order valence-corrected chi connectivity index (χ1v) is 7.35. The standard InChI is InChI=1S/C13H9ClFNO3S2/c1-6(12(18)19)16-11(17)10(21-13(16)20)5-7-8(14)3-2-4-9(7)15/h2-6H,1H3,(H,18,19)/p-1/t6-/m0/s1. The van der Waals surface area contributed by atoms with E-state index in [0.717, 1.165) is 16.7 Å². The fourth-order valence-electron chi connectivity index (χ4n) is 1.70. The van der Waals surface area contributed by atoms with Crippen LogP contribution in [-0.2, 0) is 9.59 Å². The van der Waals surface area contributed by atoms with Gasteiger partial charge in [0, 0.05) is 5.56 Å². The van der Waals surface area contributed by atoms with Gasteiger partial charge >= 0.3 is 0 Å². The number of thioether (sulfide) groups is 1. The molecule has 0 aliphatic carbocycles. The number of benzene rings is 1. The Balaban J connectivity index is 2.39. The SMILES string of the molecule is C[C@@H](C(=O)[O-])N1C(=O)C(=Cc2c(F)cccc2Cl)SC1=S. The van der Waals surface area contributed by atoms with Crippen LogP contribution < -0.4 is 5.11 Å². The first-order chi connectivity index (χ1) is 9.82. The molecule has 4 nitrogen and oxygen atoms in total. The van der Waals surface area contributed by atoms with Crippen molar-refractivity contribution in [2.45, 2.75) is 13.0 Å². The second-order valence-corrected chi connectivity index (χ2v) is 6.27. The van der Waals surface area contributed by atoms with Crippen molar-refractivity contribution in [3.63, 3.8) is 0 Å². The smallest absolute Gasteiger partial charge is 0.266 e. The lowest BCUT2D eigenvalue weighted by Crippen LogP contribution is -2.48. The van der Waals surface area contributed by atoms with E-state index in [1.165, 1.54) is 31.2 Å². The van der Waals surface area contributed by atoms with Gasteiger partial charge in [-0.25, -0.2) is 4.39 Å². The summed E-state index contributed by atoms with van der Waals surface area (Å²) in [4.78, 5) is 24.1. The van der Waals surface area contributed by atoms with E-state index in [4.69, 9.17) is 23.8 Å². The molecule has 0 aromatic heterocycles. The highest BCUT2D eigenvalue weighted by Gasteiger charge is 2.36. The molecule has 1 heterocycles. The molecule has 1 aliphatic heterocycles. The summed E-state index contributed by atoms with van der Waals surface area (Å²) >= 11 is 11.8. The Morgan fingerprint density at radius 2 is 2.24 bits per heavy atom. The Hall–Kier alpha value is -1.44. The van der Waals surface area contributed by atoms with Crippen molar-refractivity contribution < 1.29 is 19.1 Å². The third-order valence-electron chi connectivity index (χ3n) is 2.83. The number of aliphatic carboxylic acids is 1. The quantitative estimate of drug-likeness (QED) is 0.618. The van der Waals surface area contributed by atoms with Crippen LogP contribution in [0.2, 0.25) is 5.02 Å². The summed E-state index contributed by atoms with van der Waals surface area (Å²) in [7, 11) is 0. The molecule has 1 atom stereocenters. The van der Waals surface area contributed by atoms with Crippen molar-refractivity contribution in [1.29, 1.82) is 0 Å². The third-order valence-corrected chi connectivity index (χ3v) is 4.49. The molecule has 110 valence electrons. The van der Waals surface area contributed by atoms with Crippen molar-refractivity contribution in [2.24, 2.45) is 0 Å². The molecule has 1 saturated heterocycles. The predicted octanol–water partition coefficient (Wildman–Crippen LogP) is 1.82. The molecule has 1 aromatic rings. The summed E-state index contributed by atoms with van der Waals surface area (Å²) in [5, 5.41) is 11.0. The van der Waals surface area contributed by atoms with Crippen LogP contribution in [0.4, 0.5) is 4.39 Å². The number of halogens is 2. The molecular formula is C13H8ClFNO3S2-. The molecule has 2 rings (SSSR count). The second-order valence-electron chi connectivity index (χ2n) is 4.18. The molecule has 0 radical (unpaired) electrons. The number of nitrogens with zero attached hydrogens (tertiary/aromatic N) is 1. The van der Waals surface area contributed by atoms with E-state index in [1.54, 1.807) is 0 Å². The van der Waals surface area contributed by atoms with Crippen molar-refractivity contribution in [1.82, 2.24) is 4.90 Å². The fraction of sp³-hybridized carbons (Fsp3) is 0.154. The van der Waals surface area contributed by atoms with Crippen LogP contribution in [0.5, 0.6) is 0 Å². The first-order valence-electron chi connectivity index (χ1n) is 5.75. The largest absolute Gasteiger partial charge is 0.548 e. The molecule has 0 saturated carbocycles. The van der Waals surface area contributed by atoms with Gasteiger partial charge in [0.2, 0.25) is 0 Å².